The Bertz CT molecular complexity index is 419. The van der Waals surface area contributed by atoms with Gasteiger partial charge in [0.15, 0.2) is 0 Å². The molecule has 0 unspecified atom stereocenters. The highest BCUT2D eigenvalue weighted by atomic mass is 32.1. The molecule has 0 amide bonds. The SMILES string of the molecule is CCc1nnc(Cn2cnc(N)n2)s1. The van der Waals surface area contributed by atoms with Gasteiger partial charge in [0.05, 0.1) is 6.54 Å². The summed E-state index contributed by atoms with van der Waals surface area (Å²) < 4.78 is 1.65. The summed E-state index contributed by atoms with van der Waals surface area (Å²) in [6, 6.07) is 0. The van der Waals surface area contributed by atoms with E-state index in [1.807, 2.05) is 0 Å². The number of rotatable bonds is 3. The van der Waals surface area contributed by atoms with Gasteiger partial charge in [0.25, 0.3) is 0 Å². The van der Waals surface area contributed by atoms with E-state index in [4.69, 9.17) is 5.73 Å². The molecule has 6 nitrogen and oxygen atoms in total. The molecule has 0 aliphatic heterocycles. The molecule has 0 aliphatic carbocycles. The predicted octanol–water partition coefficient (Wildman–Crippen LogP) is 0.322. The third-order valence-electron chi connectivity index (χ3n) is 1.66. The molecule has 7 heteroatoms. The lowest BCUT2D eigenvalue weighted by molar-refractivity contribution is 0.677. The van der Waals surface area contributed by atoms with Gasteiger partial charge in [0.2, 0.25) is 5.95 Å². The maximum atomic E-state index is 5.39. The minimum atomic E-state index is 0.283. The van der Waals surface area contributed by atoms with Crippen LogP contribution in [0, 0.1) is 0 Å². The van der Waals surface area contributed by atoms with Crippen LogP contribution in [0.25, 0.3) is 0 Å². The molecule has 2 rings (SSSR count). The molecule has 2 heterocycles. The average molecular weight is 210 g/mol. The van der Waals surface area contributed by atoms with Gasteiger partial charge in [0.1, 0.15) is 16.3 Å². The van der Waals surface area contributed by atoms with Crippen molar-refractivity contribution < 1.29 is 0 Å². The van der Waals surface area contributed by atoms with E-state index in [1.54, 1.807) is 22.3 Å². The lowest BCUT2D eigenvalue weighted by Gasteiger charge is -1.92. The number of aryl methyl sites for hydroxylation is 1. The van der Waals surface area contributed by atoms with E-state index in [2.05, 4.69) is 27.2 Å². The zero-order valence-corrected chi connectivity index (χ0v) is 8.53. The Kier molecular flexibility index (Phi) is 2.40. The van der Waals surface area contributed by atoms with Gasteiger partial charge in [-0.05, 0) is 6.42 Å². The Morgan fingerprint density at radius 1 is 1.43 bits per heavy atom. The number of nitrogen functional groups attached to an aromatic ring is 1. The van der Waals surface area contributed by atoms with Crippen LogP contribution < -0.4 is 5.73 Å². The molecule has 0 saturated carbocycles. The van der Waals surface area contributed by atoms with Crippen LogP contribution in [0.15, 0.2) is 6.33 Å². The quantitative estimate of drug-likeness (QED) is 0.789. The van der Waals surface area contributed by atoms with E-state index in [0.717, 1.165) is 16.4 Å². The lowest BCUT2D eigenvalue weighted by atomic mass is 10.5. The first-order valence-electron chi connectivity index (χ1n) is 4.24. The fourth-order valence-electron chi connectivity index (χ4n) is 1.02. The Labute approximate surface area is 84.8 Å². The Morgan fingerprint density at radius 2 is 2.21 bits per heavy atom. The van der Waals surface area contributed by atoms with Gasteiger partial charge in [0, 0.05) is 0 Å². The first-order chi connectivity index (χ1) is 6.78. The first kappa shape index (κ1) is 9.07. The third-order valence-corrected chi connectivity index (χ3v) is 2.71. The van der Waals surface area contributed by atoms with Gasteiger partial charge in [-0.15, -0.1) is 15.3 Å². The van der Waals surface area contributed by atoms with Crippen LogP contribution in [0.4, 0.5) is 5.95 Å². The van der Waals surface area contributed by atoms with Crippen LogP contribution in [0.2, 0.25) is 0 Å². The molecule has 0 fully saturated rings. The van der Waals surface area contributed by atoms with E-state index in [9.17, 15) is 0 Å². The highest BCUT2D eigenvalue weighted by molar-refractivity contribution is 7.11. The third kappa shape index (κ3) is 1.87. The number of hydrogen-bond acceptors (Lipinski definition) is 6. The molecule has 0 spiro atoms. The molecule has 2 aromatic rings. The summed E-state index contributed by atoms with van der Waals surface area (Å²) in [6.07, 6.45) is 2.50. The number of aromatic nitrogens is 5. The smallest absolute Gasteiger partial charge is 0.239 e. The minimum absolute atomic E-state index is 0.283. The van der Waals surface area contributed by atoms with Crippen molar-refractivity contribution in [2.45, 2.75) is 19.9 Å². The van der Waals surface area contributed by atoms with E-state index in [1.165, 1.54) is 0 Å². The summed E-state index contributed by atoms with van der Waals surface area (Å²) in [5.41, 5.74) is 5.39. The molecule has 74 valence electrons. The van der Waals surface area contributed by atoms with Gasteiger partial charge < -0.3 is 5.73 Å². The summed E-state index contributed by atoms with van der Waals surface area (Å²) in [4.78, 5) is 3.83. The molecule has 0 bridgehead atoms. The van der Waals surface area contributed by atoms with E-state index in [0.29, 0.717) is 6.54 Å². The summed E-state index contributed by atoms with van der Waals surface area (Å²) in [7, 11) is 0. The number of anilines is 1. The Morgan fingerprint density at radius 3 is 2.79 bits per heavy atom. The van der Waals surface area contributed by atoms with Gasteiger partial charge >= 0.3 is 0 Å². The standard InChI is InChI=1S/C7H10N6S/c1-2-5-10-11-6(14-5)3-13-4-9-7(8)12-13/h4H,2-3H2,1H3,(H2,8,12). The average Bonchev–Trinajstić information content (AvgIpc) is 2.76. The molecule has 0 aromatic carbocycles. The highest BCUT2D eigenvalue weighted by Gasteiger charge is 2.04. The van der Waals surface area contributed by atoms with Crippen LogP contribution in [-0.4, -0.2) is 25.0 Å². The van der Waals surface area contributed by atoms with Crippen LogP contribution >= 0.6 is 11.3 Å². The normalized spacial score (nSPS) is 10.6. The summed E-state index contributed by atoms with van der Waals surface area (Å²) >= 11 is 1.59. The maximum Gasteiger partial charge on any atom is 0.239 e. The molecule has 0 atom stereocenters. The van der Waals surface area contributed by atoms with Crippen LogP contribution in [0.1, 0.15) is 16.9 Å². The fraction of sp³-hybridized carbons (Fsp3) is 0.429. The number of nitrogens with two attached hydrogens (primary N) is 1. The highest BCUT2D eigenvalue weighted by Crippen LogP contribution is 2.10. The molecular weight excluding hydrogens is 200 g/mol. The molecule has 14 heavy (non-hydrogen) atoms. The molecule has 2 aromatic heterocycles. The van der Waals surface area contributed by atoms with Crippen molar-refractivity contribution in [3.05, 3.63) is 16.3 Å². The van der Waals surface area contributed by atoms with Gasteiger partial charge in [-0.2, -0.15) is 0 Å². The van der Waals surface area contributed by atoms with E-state index < -0.39 is 0 Å². The maximum absolute atomic E-state index is 5.39. The van der Waals surface area contributed by atoms with Crippen molar-refractivity contribution >= 4 is 17.3 Å². The Balaban J connectivity index is 2.10. The second-order valence-electron chi connectivity index (χ2n) is 2.74. The van der Waals surface area contributed by atoms with Crippen LogP contribution in [0.5, 0.6) is 0 Å². The van der Waals surface area contributed by atoms with Crippen molar-refractivity contribution in [3.63, 3.8) is 0 Å². The monoisotopic (exact) mass is 210 g/mol. The molecule has 0 aliphatic rings. The zero-order chi connectivity index (χ0) is 9.97. The summed E-state index contributed by atoms with van der Waals surface area (Å²) in [5, 5.41) is 14.0. The fourth-order valence-corrected chi connectivity index (χ4v) is 1.80. The Hall–Kier alpha value is -1.50. The van der Waals surface area contributed by atoms with E-state index >= 15 is 0 Å². The topological polar surface area (TPSA) is 82.5 Å². The van der Waals surface area contributed by atoms with Crippen molar-refractivity contribution in [1.82, 2.24) is 25.0 Å². The van der Waals surface area contributed by atoms with Crippen molar-refractivity contribution in [3.8, 4) is 0 Å². The largest absolute Gasteiger partial charge is 0.367 e. The van der Waals surface area contributed by atoms with Gasteiger partial charge in [-0.3, -0.25) is 0 Å². The molecule has 0 radical (unpaired) electrons. The van der Waals surface area contributed by atoms with Crippen molar-refractivity contribution in [2.75, 3.05) is 5.73 Å². The molecule has 0 saturated heterocycles. The van der Waals surface area contributed by atoms with Crippen molar-refractivity contribution in [1.29, 1.82) is 0 Å². The number of hydrogen-bond donors (Lipinski definition) is 1. The summed E-state index contributed by atoms with van der Waals surface area (Å²) in [5.74, 6) is 0.283. The van der Waals surface area contributed by atoms with Crippen molar-refractivity contribution in [2.24, 2.45) is 0 Å². The molecular formula is C7H10N6S. The van der Waals surface area contributed by atoms with Gasteiger partial charge in [-0.25, -0.2) is 9.67 Å². The second-order valence-corrected chi connectivity index (χ2v) is 3.89. The minimum Gasteiger partial charge on any atom is -0.367 e. The van der Waals surface area contributed by atoms with Crippen LogP contribution in [-0.2, 0) is 13.0 Å². The zero-order valence-electron chi connectivity index (χ0n) is 7.71. The van der Waals surface area contributed by atoms with Gasteiger partial charge in [-0.1, -0.05) is 18.3 Å². The second kappa shape index (κ2) is 3.70. The lowest BCUT2D eigenvalue weighted by Crippen LogP contribution is -2.00. The summed E-state index contributed by atoms with van der Waals surface area (Å²) in [6.45, 7) is 2.64. The predicted molar refractivity (Wildman–Crippen MR) is 52.8 cm³/mol. The number of nitrogens with zero attached hydrogens (tertiary/aromatic N) is 5. The van der Waals surface area contributed by atoms with Crippen LogP contribution in [0.3, 0.4) is 0 Å². The first-order valence-corrected chi connectivity index (χ1v) is 5.05. The van der Waals surface area contributed by atoms with E-state index in [-0.39, 0.29) is 5.95 Å². The molecule has 2 N–H and O–H groups in total.